The Labute approximate surface area is 126 Å². The van der Waals surface area contributed by atoms with Crippen LogP contribution in [0.3, 0.4) is 0 Å². The van der Waals surface area contributed by atoms with Crippen LogP contribution in [0.25, 0.3) is 0 Å². The molecule has 0 heterocycles. The highest BCUT2D eigenvalue weighted by Gasteiger charge is 2.41. The van der Waals surface area contributed by atoms with Gasteiger partial charge in [0.25, 0.3) is 5.91 Å². The maximum atomic E-state index is 12.1. The summed E-state index contributed by atoms with van der Waals surface area (Å²) in [5.41, 5.74) is 1.13. The van der Waals surface area contributed by atoms with E-state index in [4.69, 9.17) is 9.84 Å². The quantitative estimate of drug-likeness (QED) is 0.774. The Bertz CT molecular complexity index is 483. The molecule has 1 fully saturated rings. The molecule has 0 spiro atoms. The van der Waals surface area contributed by atoms with Gasteiger partial charge in [-0.15, -0.1) is 0 Å². The third-order valence-electron chi connectivity index (χ3n) is 4.14. The normalized spacial score (nSPS) is 17.1. The van der Waals surface area contributed by atoms with Crippen molar-refractivity contribution >= 4 is 5.91 Å². The summed E-state index contributed by atoms with van der Waals surface area (Å²) in [6.07, 6.45) is 4.25. The number of benzene rings is 1. The van der Waals surface area contributed by atoms with Gasteiger partial charge >= 0.3 is 0 Å². The summed E-state index contributed by atoms with van der Waals surface area (Å²) in [6, 6.07) is 7.18. The molecule has 0 aliphatic heterocycles. The molecule has 0 bridgehead atoms. The van der Waals surface area contributed by atoms with Crippen molar-refractivity contribution in [1.82, 2.24) is 5.32 Å². The summed E-state index contributed by atoms with van der Waals surface area (Å²) >= 11 is 0. The van der Waals surface area contributed by atoms with Gasteiger partial charge in [0.1, 0.15) is 5.75 Å². The van der Waals surface area contributed by atoms with Gasteiger partial charge in [0, 0.05) is 6.54 Å². The molecule has 1 atom stereocenters. The first-order valence-corrected chi connectivity index (χ1v) is 7.73. The van der Waals surface area contributed by atoms with Crippen LogP contribution in [0, 0.1) is 5.41 Å². The topological polar surface area (TPSA) is 58.6 Å². The van der Waals surface area contributed by atoms with Crippen molar-refractivity contribution in [3.05, 3.63) is 29.8 Å². The molecule has 0 radical (unpaired) electrons. The zero-order chi connectivity index (χ0) is 15.3. The number of amides is 1. The number of aliphatic hydroxyl groups is 1. The van der Waals surface area contributed by atoms with E-state index >= 15 is 0 Å². The van der Waals surface area contributed by atoms with Crippen LogP contribution in [0.2, 0.25) is 0 Å². The fourth-order valence-electron chi connectivity index (χ4n) is 2.62. The number of hydrogen-bond donors (Lipinski definition) is 2. The van der Waals surface area contributed by atoms with Gasteiger partial charge in [-0.1, -0.05) is 25.5 Å². The average Bonchev–Trinajstić information content (AvgIpc) is 3.25. The second-order valence-corrected chi connectivity index (χ2v) is 6.03. The van der Waals surface area contributed by atoms with Crippen LogP contribution in [0.4, 0.5) is 0 Å². The molecular weight excluding hydrogens is 266 g/mol. The maximum Gasteiger partial charge on any atom is 0.260 e. The van der Waals surface area contributed by atoms with Gasteiger partial charge < -0.3 is 15.2 Å². The van der Waals surface area contributed by atoms with Crippen molar-refractivity contribution in [2.75, 3.05) is 6.54 Å². The minimum atomic E-state index is -0.531. The summed E-state index contributed by atoms with van der Waals surface area (Å²) in [6.45, 7) is 4.66. The molecule has 1 aliphatic carbocycles. The third-order valence-corrected chi connectivity index (χ3v) is 4.14. The maximum absolute atomic E-state index is 12.1. The van der Waals surface area contributed by atoms with Crippen molar-refractivity contribution < 1.29 is 14.6 Å². The molecular formula is C17H25NO3. The van der Waals surface area contributed by atoms with E-state index in [0.717, 1.165) is 18.5 Å². The minimum Gasteiger partial charge on any atom is -0.481 e. The molecule has 1 aromatic rings. The third kappa shape index (κ3) is 4.46. The number of hydrogen-bond acceptors (Lipinski definition) is 3. The molecule has 1 amide bonds. The minimum absolute atomic E-state index is 0.0304. The predicted octanol–water partition coefficient (Wildman–Crippen LogP) is 2.64. The smallest absolute Gasteiger partial charge is 0.260 e. The zero-order valence-electron chi connectivity index (χ0n) is 12.9. The van der Waals surface area contributed by atoms with E-state index in [1.165, 1.54) is 19.3 Å². The van der Waals surface area contributed by atoms with Crippen molar-refractivity contribution in [3.8, 4) is 5.75 Å². The van der Waals surface area contributed by atoms with Crippen molar-refractivity contribution in [2.45, 2.75) is 52.2 Å². The first-order chi connectivity index (χ1) is 10.1. The van der Waals surface area contributed by atoms with Crippen LogP contribution in [0.1, 0.15) is 45.1 Å². The highest BCUT2D eigenvalue weighted by Crippen LogP contribution is 2.48. The SMILES string of the molecule is CCCC1(CNC(=O)C(C)Oc2cccc(CO)c2)CC1. The van der Waals surface area contributed by atoms with Crippen molar-refractivity contribution in [3.63, 3.8) is 0 Å². The Morgan fingerprint density at radius 1 is 1.48 bits per heavy atom. The van der Waals surface area contributed by atoms with Crippen LogP contribution >= 0.6 is 0 Å². The van der Waals surface area contributed by atoms with Crippen LogP contribution in [0.15, 0.2) is 24.3 Å². The molecule has 1 saturated carbocycles. The summed E-state index contributed by atoms with van der Waals surface area (Å²) in [5.74, 6) is 0.533. The second-order valence-electron chi connectivity index (χ2n) is 6.03. The molecule has 0 aromatic heterocycles. The largest absolute Gasteiger partial charge is 0.481 e. The summed E-state index contributed by atoms with van der Waals surface area (Å²) in [5, 5.41) is 12.1. The van der Waals surface area contributed by atoms with Gasteiger partial charge in [-0.3, -0.25) is 4.79 Å². The summed E-state index contributed by atoms with van der Waals surface area (Å²) in [7, 11) is 0. The average molecular weight is 291 g/mol. The van der Waals surface area contributed by atoms with Crippen molar-refractivity contribution in [1.29, 1.82) is 0 Å². The number of aliphatic hydroxyl groups excluding tert-OH is 1. The molecule has 1 unspecified atom stereocenters. The molecule has 0 saturated heterocycles. The lowest BCUT2D eigenvalue weighted by Crippen LogP contribution is -2.39. The number of carbonyl (C=O) groups is 1. The Morgan fingerprint density at radius 2 is 2.24 bits per heavy atom. The summed E-state index contributed by atoms with van der Waals surface area (Å²) in [4.78, 5) is 12.1. The molecule has 4 heteroatoms. The lowest BCUT2D eigenvalue weighted by molar-refractivity contribution is -0.127. The number of rotatable bonds is 8. The van der Waals surface area contributed by atoms with Crippen LogP contribution < -0.4 is 10.1 Å². The van der Waals surface area contributed by atoms with E-state index in [1.54, 1.807) is 19.1 Å². The Hall–Kier alpha value is -1.55. The van der Waals surface area contributed by atoms with Crippen LogP contribution in [0.5, 0.6) is 5.75 Å². The van der Waals surface area contributed by atoms with Gasteiger partial charge in [-0.25, -0.2) is 0 Å². The number of ether oxygens (including phenoxy) is 1. The fraction of sp³-hybridized carbons (Fsp3) is 0.588. The van der Waals surface area contributed by atoms with E-state index in [-0.39, 0.29) is 12.5 Å². The Morgan fingerprint density at radius 3 is 2.86 bits per heavy atom. The van der Waals surface area contributed by atoms with Gasteiger partial charge in [-0.2, -0.15) is 0 Å². The first-order valence-electron chi connectivity index (χ1n) is 7.73. The van der Waals surface area contributed by atoms with E-state index in [2.05, 4.69) is 12.2 Å². The fourth-order valence-corrected chi connectivity index (χ4v) is 2.62. The predicted molar refractivity (Wildman–Crippen MR) is 82.0 cm³/mol. The van der Waals surface area contributed by atoms with E-state index in [1.807, 2.05) is 12.1 Å². The van der Waals surface area contributed by atoms with E-state index in [0.29, 0.717) is 11.2 Å². The molecule has 1 aromatic carbocycles. The molecule has 21 heavy (non-hydrogen) atoms. The number of carbonyl (C=O) groups excluding carboxylic acids is 1. The first kappa shape index (κ1) is 15.8. The monoisotopic (exact) mass is 291 g/mol. The standard InChI is InChI=1S/C17H25NO3/c1-3-7-17(8-9-17)12-18-16(20)13(2)21-15-6-4-5-14(10-15)11-19/h4-6,10,13,19H,3,7-9,11-12H2,1-2H3,(H,18,20). The Balaban J connectivity index is 1.82. The van der Waals surface area contributed by atoms with Crippen molar-refractivity contribution in [2.24, 2.45) is 5.41 Å². The second kappa shape index (κ2) is 6.94. The number of nitrogens with one attached hydrogen (secondary N) is 1. The molecule has 1 aliphatic rings. The highest BCUT2D eigenvalue weighted by molar-refractivity contribution is 5.80. The van der Waals surface area contributed by atoms with Gasteiger partial charge in [0.05, 0.1) is 6.61 Å². The van der Waals surface area contributed by atoms with Gasteiger partial charge in [0.2, 0.25) is 0 Å². The van der Waals surface area contributed by atoms with Gasteiger partial charge in [0.15, 0.2) is 6.10 Å². The van der Waals surface area contributed by atoms with E-state index < -0.39 is 6.10 Å². The lowest BCUT2D eigenvalue weighted by atomic mass is 10.0. The Kier molecular flexibility index (Phi) is 5.23. The molecule has 2 rings (SSSR count). The van der Waals surface area contributed by atoms with Crippen LogP contribution in [-0.2, 0) is 11.4 Å². The molecule has 4 nitrogen and oxygen atoms in total. The van der Waals surface area contributed by atoms with Gasteiger partial charge in [-0.05, 0) is 49.3 Å². The van der Waals surface area contributed by atoms with E-state index in [9.17, 15) is 4.79 Å². The summed E-state index contributed by atoms with van der Waals surface area (Å²) < 4.78 is 5.64. The molecule has 116 valence electrons. The highest BCUT2D eigenvalue weighted by atomic mass is 16.5. The van der Waals surface area contributed by atoms with Crippen LogP contribution in [-0.4, -0.2) is 23.7 Å². The molecule has 2 N–H and O–H groups in total. The lowest BCUT2D eigenvalue weighted by Gasteiger charge is -2.18. The zero-order valence-corrected chi connectivity index (χ0v) is 12.9.